The number of hydrogen-bond donors (Lipinski definition) is 0. The van der Waals surface area contributed by atoms with Crippen LogP contribution in [0.1, 0.15) is 45.4 Å². The Morgan fingerprint density at radius 2 is 1.86 bits per heavy atom. The molecule has 1 atom stereocenters. The lowest BCUT2D eigenvalue weighted by molar-refractivity contribution is 0.0792. The number of ketones is 2. The molecule has 0 amide bonds. The van der Waals surface area contributed by atoms with Crippen molar-refractivity contribution in [3.63, 3.8) is 0 Å². The van der Waals surface area contributed by atoms with Crippen LogP contribution < -0.4 is 0 Å². The van der Waals surface area contributed by atoms with Crippen LogP contribution in [0.2, 0.25) is 0 Å². The van der Waals surface area contributed by atoms with E-state index in [-0.39, 0.29) is 23.4 Å². The van der Waals surface area contributed by atoms with Crippen molar-refractivity contribution in [3.8, 4) is 0 Å². The first kappa shape index (κ1) is 14.1. The minimum absolute atomic E-state index is 0.105. The zero-order chi connectivity index (χ0) is 15.3. The predicted octanol–water partition coefficient (Wildman–Crippen LogP) is 2.06. The minimum Gasteiger partial charge on any atom is -0.492 e. The van der Waals surface area contributed by atoms with Crippen LogP contribution in [-0.4, -0.2) is 36.5 Å². The molecule has 0 N–H and O–H groups in total. The van der Waals surface area contributed by atoms with Crippen molar-refractivity contribution in [2.24, 2.45) is 0 Å². The monoisotopic (exact) mass is 290 g/mol. The number of hydrogen-bond acceptors (Lipinski definition) is 4. The molecular formula is C16H19NO4. The van der Waals surface area contributed by atoms with Gasteiger partial charge in [0.2, 0.25) is 11.6 Å². The van der Waals surface area contributed by atoms with E-state index in [9.17, 15) is 9.59 Å². The van der Waals surface area contributed by atoms with Crippen molar-refractivity contribution in [2.75, 3.05) is 14.2 Å². The Morgan fingerprint density at radius 1 is 1.14 bits per heavy atom. The number of nitrogens with zero attached hydrogens (tertiary/aromatic N) is 1. The molecule has 1 aromatic rings. The Balaban J connectivity index is 2.21. The van der Waals surface area contributed by atoms with E-state index in [1.807, 2.05) is 11.5 Å². The van der Waals surface area contributed by atoms with E-state index in [4.69, 9.17) is 9.47 Å². The standard InChI is InChI=1S/C16H19NO4/c1-8-11-7-10(20-3)5-6-17(11)13-12(8)15(19)16(21-4)9(2)14(13)18/h10H,5-7H2,1-4H3/i7+1. The van der Waals surface area contributed by atoms with Crippen molar-refractivity contribution in [2.45, 2.75) is 39.3 Å². The molecule has 0 saturated carbocycles. The second-order valence-corrected chi connectivity index (χ2v) is 5.61. The molecular weight excluding hydrogens is 271 g/mol. The zero-order valence-corrected chi connectivity index (χ0v) is 12.8. The van der Waals surface area contributed by atoms with Crippen molar-refractivity contribution in [1.82, 2.24) is 4.57 Å². The van der Waals surface area contributed by atoms with E-state index in [1.54, 1.807) is 14.0 Å². The average Bonchev–Trinajstić information content (AvgIpc) is 2.78. The average molecular weight is 290 g/mol. The summed E-state index contributed by atoms with van der Waals surface area (Å²) in [4.78, 5) is 25.2. The van der Waals surface area contributed by atoms with Crippen LogP contribution in [0.15, 0.2) is 11.3 Å². The van der Waals surface area contributed by atoms with Gasteiger partial charge in [0.25, 0.3) is 0 Å². The molecule has 5 heteroatoms. The Labute approximate surface area is 123 Å². The van der Waals surface area contributed by atoms with E-state index in [0.717, 1.165) is 24.1 Å². The van der Waals surface area contributed by atoms with Crippen molar-refractivity contribution < 1.29 is 19.1 Å². The lowest BCUT2D eigenvalue weighted by atomic mass is 9.92. The summed E-state index contributed by atoms with van der Waals surface area (Å²) in [6, 6.07) is 0. The molecule has 0 spiro atoms. The summed E-state index contributed by atoms with van der Waals surface area (Å²) in [7, 11) is 3.13. The Morgan fingerprint density at radius 3 is 2.48 bits per heavy atom. The third-order valence-electron chi connectivity index (χ3n) is 4.60. The largest absolute Gasteiger partial charge is 0.492 e. The first-order valence-corrected chi connectivity index (χ1v) is 7.10. The van der Waals surface area contributed by atoms with Crippen LogP contribution in [0.25, 0.3) is 0 Å². The topological polar surface area (TPSA) is 57.5 Å². The number of fused-ring (bicyclic) bond motifs is 3. The molecule has 1 aliphatic carbocycles. The molecule has 1 unspecified atom stereocenters. The summed E-state index contributed by atoms with van der Waals surface area (Å²) in [5, 5.41) is 0. The SMILES string of the molecule is COC1=C(C)C(=O)c2c(c(C)c3n2CCC(OC)[13CH2]3)C1=O. The summed E-state index contributed by atoms with van der Waals surface area (Å²) in [5.74, 6) is -0.119. The van der Waals surface area contributed by atoms with Crippen molar-refractivity contribution in [1.29, 1.82) is 0 Å². The molecule has 2 heterocycles. The first-order valence-electron chi connectivity index (χ1n) is 7.10. The Kier molecular flexibility index (Phi) is 3.24. The van der Waals surface area contributed by atoms with Gasteiger partial charge in [-0.1, -0.05) is 0 Å². The van der Waals surface area contributed by atoms with Crippen LogP contribution in [0.5, 0.6) is 0 Å². The van der Waals surface area contributed by atoms with Gasteiger partial charge in [-0.3, -0.25) is 9.59 Å². The molecule has 0 bridgehead atoms. The summed E-state index contributed by atoms with van der Waals surface area (Å²) in [6.45, 7) is 4.26. The van der Waals surface area contributed by atoms with Crippen LogP contribution >= 0.6 is 0 Å². The number of rotatable bonds is 2. The van der Waals surface area contributed by atoms with Gasteiger partial charge in [0.1, 0.15) is 5.69 Å². The quantitative estimate of drug-likeness (QED) is 0.782. The fourth-order valence-electron chi connectivity index (χ4n) is 3.42. The molecule has 3 rings (SSSR count). The molecule has 0 aromatic carbocycles. The summed E-state index contributed by atoms with van der Waals surface area (Å²) >= 11 is 0. The van der Waals surface area contributed by atoms with E-state index < -0.39 is 0 Å². The number of Topliss-reactive ketones (excluding diaryl/α,β-unsaturated/α-hetero) is 2. The predicted molar refractivity (Wildman–Crippen MR) is 76.7 cm³/mol. The van der Waals surface area contributed by atoms with Gasteiger partial charge in [0.05, 0.1) is 18.8 Å². The fraction of sp³-hybridized carbons (Fsp3) is 0.500. The van der Waals surface area contributed by atoms with Gasteiger partial charge in [-0.25, -0.2) is 0 Å². The molecule has 21 heavy (non-hydrogen) atoms. The molecule has 0 fully saturated rings. The highest BCUT2D eigenvalue weighted by Crippen LogP contribution is 2.35. The van der Waals surface area contributed by atoms with Crippen molar-refractivity contribution in [3.05, 3.63) is 33.8 Å². The lowest BCUT2D eigenvalue weighted by Gasteiger charge is -2.25. The third kappa shape index (κ3) is 1.80. The van der Waals surface area contributed by atoms with E-state index in [2.05, 4.69) is 0 Å². The molecule has 1 aromatic heterocycles. The molecule has 112 valence electrons. The van der Waals surface area contributed by atoms with E-state index in [1.165, 1.54) is 7.11 Å². The summed E-state index contributed by atoms with van der Waals surface area (Å²) in [6.07, 6.45) is 1.73. The van der Waals surface area contributed by atoms with Crippen LogP contribution in [0, 0.1) is 6.92 Å². The highest BCUT2D eigenvalue weighted by Gasteiger charge is 2.39. The van der Waals surface area contributed by atoms with Gasteiger partial charge < -0.3 is 14.0 Å². The second kappa shape index (κ2) is 4.84. The first-order chi connectivity index (χ1) is 10.0. The number of methoxy groups -OCH3 is 2. The molecule has 2 aliphatic rings. The molecule has 5 nitrogen and oxygen atoms in total. The molecule has 0 radical (unpaired) electrons. The number of allylic oxidation sites excluding steroid dienone is 2. The normalized spacial score (nSPS) is 21.4. The number of carbonyl (C=O) groups is 2. The Bertz CT molecular complexity index is 681. The smallest absolute Gasteiger partial charge is 0.230 e. The fourth-order valence-corrected chi connectivity index (χ4v) is 3.42. The van der Waals surface area contributed by atoms with Gasteiger partial charge in [-0.15, -0.1) is 0 Å². The summed E-state index contributed by atoms with van der Waals surface area (Å²) < 4.78 is 12.6. The van der Waals surface area contributed by atoms with E-state index >= 15 is 0 Å². The van der Waals surface area contributed by atoms with E-state index in [0.29, 0.717) is 23.4 Å². The van der Waals surface area contributed by atoms with Crippen LogP contribution in [-0.2, 0) is 22.4 Å². The highest BCUT2D eigenvalue weighted by atomic mass is 16.5. The van der Waals surface area contributed by atoms with Gasteiger partial charge in [-0.05, 0) is 25.8 Å². The summed E-state index contributed by atoms with van der Waals surface area (Å²) in [5.41, 5.74) is 3.34. The maximum atomic E-state index is 12.6. The van der Waals surface area contributed by atoms with Gasteiger partial charge >= 0.3 is 0 Å². The molecule has 0 saturated heterocycles. The number of ether oxygens (including phenoxy) is 2. The Hall–Kier alpha value is -1.88. The van der Waals surface area contributed by atoms with Crippen LogP contribution in [0.3, 0.4) is 0 Å². The maximum Gasteiger partial charge on any atom is 0.230 e. The van der Waals surface area contributed by atoms with Gasteiger partial charge in [-0.2, -0.15) is 0 Å². The number of aromatic nitrogens is 1. The van der Waals surface area contributed by atoms with Crippen LogP contribution in [0.4, 0.5) is 0 Å². The minimum atomic E-state index is -0.182. The zero-order valence-electron chi connectivity index (χ0n) is 12.8. The van der Waals surface area contributed by atoms with Gasteiger partial charge in [0, 0.05) is 31.3 Å². The van der Waals surface area contributed by atoms with Crippen molar-refractivity contribution >= 4 is 11.6 Å². The third-order valence-corrected chi connectivity index (χ3v) is 4.60. The highest BCUT2D eigenvalue weighted by molar-refractivity contribution is 6.26. The second-order valence-electron chi connectivity index (χ2n) is 5.61. The lowest BCUT2D eigenvalue weighted by Crippen LogP contribution is -2.28. The molecule has 1 aliphatic heterocycles. The maximum absolute atomic E-state index is 12.6. The van der Waals surface area contributed by atoms with Gasteiger partial charge in [0.15, 0.2) is 5.76 Å². The number of carbonyl (C=O) groups excluding carboxylic acids is 2.